The number of pyridine rings is 1. The fraction of sp³-hybridized carbons (Fsp3) is 0. The normalized spacial score (nSPS) is 10.3. The third-order valence-electron chi connectivity index (χ3n) is 1.68. The fourth-order valence-electron chi connectivity index (χ4n) is 1.06. The molecule has 2 aromatic heterocycles. The predicted molar refractivity (Wildman–Crippen MR) is 49.6 cm³/mol. The van der Waals surface area contributed by atoms with Crippen molar-refractivity contribution in [3.05, 3.63) is 41.3 Å². The average molecular weight is 242 g/mol. The molecule has 0 saturated heterocycles. The summed E-state index contributed by atoms with van der Waals surface area (Å²) in [5.74, 6) is -0.371. The van der Waals surface area contributed by atoms with Crippen LogP contribution in [0.15, 0.2) is 39.9 Å². The third kappa shape index (κ3) is 1.49. The Morgan fingerprint density at radius 2 is 2.23 bits per heavy atom. The molecule has 0 aromatic carbocycles. The number of rotatable bonds is 1. The molecule has 0 unspecified atom stereocenters. The van der Waals surface area contributed by atoms with Gasteiger partial charge in [-0.25, -0.2) is 9.37 Å². The van der Waals surface area contributed by atoms with Crippen LogP contribution in [0.4, 0.5) is 4.39 Å². The van der Waals surface area contributed by atoms with Crippen LogP contribution in [-0.4, -0.2) is 4.98 Å². The van der Waals surface area contributed by atoms with Crippen molar-refractivity contribution in [2.75, 3.05) is 0 Å². The molecule has 0 radical (unpaired) electrons. The first-order valence-electron chi connectivity index (χ1n) is 3.61. The van der Waals surface area contributed by atoms with E-state index in [0.717, 1.165) is 0 Å². The highest BCUT2D eigenvalue weighted by atomic mass is 79.9. The number of aromatic nitrogens is 1. The standard InChI is InChI=1S/C9H5BrFNO/c10-9-8(11)7(1-3-12-9)6-2-4-13-5-6/h1-5H. The summed E-state index contributed by atoms with van der Waals surface area (Å²) in [6.45, 7) is 0. The van der Waals surface area contributed by atoms with E-state index in [-0.39, 0.29) is 10.4 Å². The van der Waals surface area contributed by atoms with Crippen LogP contribution in [0.1, 0.15) is 0 Å². The Balaban J connectivity index is 2.59. The lowest BCUT2D eigenvalue weighted by Crippen LogP contribution is -1.86. The summed E-state index contributed by atoms with van der Waals surface area (Å²) < 4.78 is 18.5. The first kappa shape index (κ1) is 8.44. The lowest BCUT2D eigenvalue weighted by atomic mass is 10.1. The van der Waals surface area contributed by atoms with Crippen LogP contribution in [-0.2, 0) is 0 Å². The Bertz CT molecular complexity index is 414. The minimum absolute atomic E-state index is 0.214. The monoisotopic (exact) mass is 241 g/mol. The van der Waals surface area contributed by atoms with Gasteiger partial charge in [0.15, 0.2) is 5.82 Å². The minimum atomic E-state index is -0.371. The van der Waals surface area contributed by atoms with Gasteiger partial charge in [0.25, 0.3) is 0 Å². The summed E-state index contributed by atoms with van der Waals surface area (Å²) in [5.41, 5.74) is 1.19. The first-order chi connectivity index (χ1) is 6.29. The number of halogens is 2. The summed E-state index contributed by atoms with van der Waals surface area (Å²) in [4.78, 5) is 3.76. The molecule has 0 aliphatic carbocycles. The molecule has 66 valence electrons. The molecule has 0 aliphatic heterocycles. The molecule has 13 heavy (non-hydrogen) atoms. The fourth-order valence-corrected chi connectivity index (χ4v) is 1.39. The first-order valence-corrected chi connectivity index (χ1v) is 4.41. The van der Waals surface area contributed by atoms with Crippen molar-refractivity contribution in [2.45, 2.75) is 0 Å². The number of nitrogens with zero attached hydrogens (tertiary/aromatic N) is 1. The molecule has 0 amide bonds. The number of hydrogen-bond acceptors (Lipinski definition) is 2. The van der Waals surface area contributed by atoms with Gasteiger partial charge in [-0.15, -0.1) is 0 Å². The largest absolute Gasteiger partial charge is 0.472 e. The topological polar surface area (TPSA) is 26.0 Å². The van der Waals surface area contributed by atoms with Crippen LogP contribution >= 0.6 is 15.9 Å². The molecule has 2 rings (SSSR count). The summed E-state index contributed by atoms with van der Waals surface area (Å²) >= 11 is 3.01. The van der Waals surface area contributed by atoms with Crippen LogP contribution in [0.25, 0.3) is 11.1 Å². The molecule has 2 heterocycles. The van der Waals surface area contributed by atoms with Crippen LogP contribution in [0, 0.1) is 5.82 Å². The molecular weight excluding hydrogens is 237 g/mol. The Morgan fingerprint density at radius 1 is 1.38 bits per heavy atom. The summed E-state index contributed by atoms with van der Waals surface area (Å²) in [6, 6.07) is 3.30. The predicted octanol–water partition coefficient (Wildman–Crippen LogP) is 3.24. The highest BCUT2D eigenvalue weighted by Gasteiger charge is 2.09. The molecule has 0 atom stereocenters. The number of furan rings is 1. The Hall–Kier alpha value is -1.16. The van der Waals surface area contributed by atoms with Gasteiger partial charge in [0.2, 0.25) is 0 Å². The van der Waals surface area contributed by atoms with E-state index in [9.17, 15) is 4.39 Å². The second kappa shape index (κ2) is 3.30. The van der Waals surface area contributed by atoms with Gasteiger partial charge in [-0.05, 0) is 28.1 Å². The molecule has 0 fully saturated rings. The highest BCUT2D eigenvalue weighted by molar-refractivity contribution is 9.10. The van der Waals surface area contributed by atoms with Gasteiger partial charge in [0, 0.05) is 17.3 Å². The molecule has 2 aromatic rings. The second-order valence-corrected chi connectivity index (χ2v) is 3.23. The van der Waals surface area contributed by atoms with Crippen molar-refractivity contribution in [1.82, 2.24) is 4.98 Å². The summed E-state index contributed by atoms with van der Waals surface area (Å²) in [6.07, 6.45) is 4.53. The van der Waals surface area contributed by atoms with Crippen molar-refractivity contribution in [3.63, 3.8) is 0 Å². The van der Waals surface area contributed by atoms with E-state index in [4.69, 9.17) is 4.42 Å². The highest BCUT2D eigenvalue weighted by Crippen LogP contribution is 2.26. The minimum Gasteiger partial charge on any atom is -0.472 e. The zero-order valence-electron chi connectivity index (χ0n) is 6.50. The molecular formula is C9H5BrFNO. The Kier molecular flexibility index (Phi) is 2.14. The Labute approximate surface area is 82.5 Å². The van der Waals surface area contributed by atoms with E-state index in [1.807, 2.05) is 0 Å². The smallest absolute Gasteiger partial charge is 0.163 e. The summed E-state index contributed by atoms with van der Waals surface area (Å²) in [7, 11) is 0. The average Bonchev–Trinajstić information content (AvgIpc) is 2.62. The maximum Gasteiger partial charge on any atom is 0.163 e. The van der Waals surface area contributed by atoms with Gasteiger partial charge in [-0.2, -0.15) is 0 Å². The molecule has 4 heteroatoms. The van der Waals surface area contributed by atoms with E-state index >= 15 is 0 Å². The lowest BCUT2D eigenvalue weighted by molar-refractivity contribution is 0.567. The summed E-state index contributed by atoms with van der Waals surface area (Å²) in [5, 5.41) is 0. The molecule has 0 bridgehead atoms. The van der Waals surface area contributed by atoms with E-state index in [2.05, 4.69) is 20.9 Å². The van der Waals surface area contributed by atoms with Crippen LogP contribution < -0.4 is 0 Å². The molecule has 0 spiro atoms. The van der Waals surface area contributed by atoms with Crippen LogP contribution in [0.2, 0.25) is 0 Å². The quantitative estimate of drug-likeness (QED) is 0.717. The lowest BCUT2D eigenvalue weighted by Gasteiger charge is -1.99. The van der Waals surface area contributed by atoms with Crippen molar-refractivity contribution in [1.29, 1.82) is 0 Å². The van der Waals surface area contributed by atoms with Gasteiger partial charge >= 0.3 is 0 Å². The SMILES string of the molecule is Fc1c(-c2ccoc2)ccnc1Br. The van der Waals surface area contributed by atoms with E-state index < -0.39 is 0 Å². The van der Waals surface area contributed by atoms with Crippen molar-refractivity contribution < 1.29 is 8.81 Å². The maximum absolute atomic E-state index is 13.4. The third-order valence-corrected chi connectivity index (χ3v) is 2.23. The molecule has 0 saturated carbocycles. The van der Waals surface area contributed by atoms with Crippen molar-refractivity contribution in [2.24, 2.45) is 0 Å². The molecule has 0 N–H and O–H groups in total. The maximum atomic E-state index is 13.4. The van der Waals surface area contributed by atoms with Gasteiger partial charge in [0.05, 0.1) is 12.5 Å². The zero-order valence-corrected chi connectivity index (χ0v) is 8.08. The number of hydrogen-bond donors (Lipinski definition) is 0. The molecule has 0 aliphatic rings. The van der Waals surface area contributed by atoms with E-state index in [0.29, 0.717) is 11.1 Å². The Morgan fingerprint density at radius 3 is 2.92 bits per heavy atom. The van der Waals surface area contributed by atoms with Gasteiger partial charge in [-0.1, -0.05) is 0 Å². The van der Waals surface area contributed by atoms with Crippen LogP contribution in [0.5, 0.6) is 0 Å². The van der Waals surface area contributed by atoms with Gasteiger partial charge in [-0.3, -0.25) is 0 Å². The zero-order chi connectivity index (χ0) is 9.26. The van der Waals surface area contributed by atoms with Crippen molar-refractivity contribution >= 4 is 15.9 Å². The van der Waals surface area contributed by atoms with E-state index in [1.54, 1.807) is 12.1 Å². The van der Waals surface area contributed by atoms with Crippen LogP contribution in [0.3, 0.4) is 0 Å². The van der Waals surface area contributed by atoms with Crippen molar-refractivity contribution in [3.8, 4) is 11.1 Å². The van der Waals surface area contributed by atoms with Gasteiger partial charge < -0.3 is 4.42 Å². The molecule has 2 nitrogen and oxygen atoms in total. The van der Waals surface area contributed by atoms with E-state index in [1.165, 1.54) is 18.7 Å². The van der Waals surface area contributed by atoms with Gasteiger partial charge in [0.1, 0.15) is 4.60 Å². The second-order valence-electron chi connectivity index (χ2n) is 2.48.